The van der Waals surface area contributed by atoms with Gasteiger partial charge < -0.3 is 19.5 Å². The monoisotopic (exact) mass is 311 g/mol. The molecule has 124 valence electrons. The van der Waals surface area contributed by atoms with E-state index in [1.54, 1.807) is 11.2 Å². The SMILES string of the molecule is CN(Cc1nncn1C)C(=O)CCCN1CCCC1.O=CO. The maximum Gasteiger partial charge on any atom is 0.290 e. The van der Waals surface area contributed by atoms with Crippen molar-refractivity contribution in [2.75, 3.05) is 26.7 Å². The van der Waals surface area contributed by atoms with Gasteiger partial charge in [0.05, 0.1) is 6.54 Å². The molecule has 1 aromatic heterocycles. The van der Waals surface area contributed by atoms with Crippen LogP contribution < -0.4 is 0 Å². The first-order valence-electron chi connectivity index (χ1n) is 7.45. The molecule has 1 N–H and O–H groups in total. The number of aryl methyl sites for hydroxylation is 1. The minimum absolute atomic E-state index is 0.183. The first-order chi connectivity index (χ1) is 10.6. The second kappa shape index (κ2) is 9.88. The molecule has 8 heteroatoms. The molecular weight excluding hydrogens is 286 g/mol. The second-order valence-electron chi connectivity index (χ2n) is 5.37. The van der Waals surface area contributed by atoms with Gasteiger partial charge in [0, 0.05) is 20.5 Å². The Morgan fingerprint density at radius 3 is 2.64 bits per heavy atom. The Bertz CT molecular complexity index is 457. The molecule has 1 saturated heterocycles. The third-order valence-electron chi connectivity index (χ3n) is 3.67. The minimum atomic E-state index is -0.250. The number of rotatable bonds is 6. The smallest absolute Gasteiger partial charge is 0.290 e. The standard InChI is InChI=1S/C13H23N5O.CH2O2/c1-16(10-12-15-14-11-17(12)2)13(19)6-5-9-18-7-3-4-8-18;2-1-3/h11H,3-10H2,1-2H3;1H,(H,2,3). The Morgan fingerprint density at radius 1 is 1.45 bits per heavy atom. The van der Waals surface area contributed by atoms with Crippen molar-refractivity contribution in [3.8, 4) is 0 Å². The van der Waals surface area contributed by atoms with Gasteiger partial charge in [-0.2, -0.15) is 0 Å². The van der Waals surface area contributed by atoms with E-state index in [2.05, 4.69) is 15.1 Å². The van der Waals surface area contributed by atoms with Crippen LogP contribution in [0.3, 0.4) is 0 Å². The maximum atomic E-state index is 12.0. The van der Waals surface area contributed by atoms with Crippen LogP contribution in [0.4, 0.5) is 0 Å². The molecule has 0 bridgehead atoms. The topological polar surface area (TPSA) is 91.6 Å². The normalized spacial score (nSPS) is 14.3. The molecule has 0 unspecified atom stereocenters. The summed E-state index contributed by atoms with van der Waals surface area (Å²) in [5.74, 6) is 0.998. The molecule has 0 spiro atoms. The molecular formula is C14H25N5O3. The summed E-state index contributed by atoms with van der Waals surface area (Å²) in [4.78, 5) is 24.5. The van der Waals surface area contributed by atoms with E-state index in [4.69, 9.17) is 9.90 Å². The van der Waals surface area contributed by atoms with Gasteiger partial charge in [0.2, 0.25) is 5.91 Å². The lowest BCUT2D eigenvalue weighted by Crippen LogP contribution is -2.28. The third kappa shape index (κ3) is 6.21. The molecule has 0 saturated carbocycles. The van der Waals surface area contributed by atoms with Crippen LogP contribution in [-0.4, -0.2) is 68.7 Å². The number of hydrogen-bond acceptors (Lipinski definition) is 5. The highest BCUT2D eigenvalue weighted by Gasteiger charge is 2.14. The molecule has 22 heavy (non-hydrogen) atoms. The lowest BCUT2D eigenvalue weighted by molar-refractivity contribution is -0.130. The maximum absolute atomic E-state index is 12.0. The summed E-state index contributed by atoms with van der Waals surface area (Å²) >= 11 is 0. The van der Waals surface area contributed by atoms with Gasteiger partial charge in [0.15, 0.2) is 5.82 Å². The summed E-state index contributed by atoms with van der Waals surface area (Å²) in [5, 5.41) is 14.7. The summed E-state index contributed by atoms with van der Waals surface area (Å²) in [7, 11) is 3.72. The highest BCUT2D eigenvalue weighted by molar-refractivity contribution is 5.75. The number of carboxylic acid groups (broad SMARTS) is 1. The fourth-order valence-corrected chi connectivity index (χ4v) is 2.40. The molecule has 1 aromatic rings. The van der Waals surface area contributed by atoms with Crippen LogP contribution in [0.15, 0.2) is 6.33 Å². The van der Waals surface area contributed by atoms with Gasteiger partial charge in [-0.3, -0.25) is 9.59 Å². The summed E-state index contributed by atoms with van der Waals surface area (Å²) in [6, 6.07) is 0. The number of carbonyl (C=O) groups is 2. The van der Waals surface area contributed by atoms with Gasteiger partial charge in [-0.25, -0.2) is 0 Å². The lowest BCUT2D eigenvalue weighted by atomic mass is 10.2. The molecule has 0 aliphatic carbocycles. The van der Waals surface area contributed by atoms with Crippen LogP contribution in [0.2, 0.25) is 0 Å². The van der Waals surface area contributed by atoms with Crippen LogP contribution in [-0.2, 0) is 23.2 Å². The van der Waals surface area contributed by atoms with Crippen molar-refractivity contribution in [2.24, 2.45) is 7.05 Å². The van der Waals surface area contributed by atoms with E-state index in [1.807, 2.05) is 18.7 Å². The van der Waals surface area contributed by atoms with Gasteiger partial charge in [0.25, 0.3) is 6.47 Å². The number of likely N-dealkylation sites (tertiary alicyclic amines) is 1. The number of amides is 1. The predicted molar refractivity (Wildman–Crippen MR) is 81.1 cm³/mol. The van der Waals surface area contributed by atoms with Crippen molar-refractivity contribution < 1.29 is 14.7 Å². The molecule has 0 aromatic carbocycles. The number of carbonyl (C=O) groups excluding carboxylic acids is 1. The first-order valence-corrected chi connectivity index (χ1v) is 7.45. The molecule has 1 amide bonds. The quantitative estimate of drug-likeness (QED) is 0.762. The predicted octanol–water partition coefficient (Wildman–Crippen LogP) is 0.350. The van der Waals surface area contributed by atoms with Gasteiger partial charge >= 0.3 is 0 Å². The zero-order valence-electron chi connectivity index (χ0n) is 13.3. The highest BCUT2D eigenvalue weighted by atomic mass is 16.3. The van der Waals surface area contributed by atoms with Gasteiger partial charge in [-0.1, -0.05) is 0 Å². The van der Waals surface area contributed by atoms with Crippen LogP contribution >= 0.6 is 0 Å². The van der Waals surface area contributed by atoms with E-state index in [-0.39, 0.29) is 12.4 Å². The summed E-state index contributed by atoms with van der Waals surface area (Å²) in [6.07, 6.45) is 5.83. The van der Waals surface area contributed by atoms with E-state index in [0.29, 0.717) is 13.0 Å². The molecule has 1 aliphatic heterocycles. The molecule has 1 aliphatic rings. The summed E-state index contributed by atoms with van der Waals surface area (Å²) in [6.45, 7) is 3.72. The fraction of sp³-hybridized carbons (Fsp3) is 0.714. The van der Waals surface area contributed by atoms with Crippen molar-refractivity contribution in [3.63, 3.8) is 0 Å². The second-order valence-corrected chi connectivity index (χ2v) is 5.37. The molecule has 0 atom stereocenters. The van der Waals surface area contributed by atoms with Crippen molar-refractivity contribution in [2.45, 2.75) is 32.2 Å². The Labute approximate surface area is 130 Å². The van der Waals surface area contributed by atoms with Crippen molar-refractivity contribution >= 4 is 12.4 Å². The van der Waals surface area contributed by atoms with E-state index >= 15 is 0 Å². The Hall–Kier alpha value is -1.96. The van der Waals surface area contributed by atoms with Crippen molar-refractivity contribution in [1.82, 2.24) is 24.6 Å². The van der Waals surface area contributed by atoms with Gasteiger partial charge in [0.1, 0.15) is 6.33 Å². The zero-order valence-corrected chi connectivity index (χ0v) is 13.3. The average molecular weight is 311 g/mol. The minimum Gasteiger partial charge on any atom is -0.483 e. The summed E-state index contributed by atoms with van der Waals surface area (Å²) < 4.78 is 1.84. The molecule has 8 nitrogen and oxygen atoms in total. The van der Waals surface area contributed by atoms with Crippen LogP contribution in [0.1, 0.15) is 31.5 Å². The number of hydrogen-bond donors (Lipinski definition) is 1. The van der Waals surface area contributed by atoms with Crippen LogP contribution in [0.5, 0.6) is 0 Å². The van der Waals surface area contributed by atoms with E-state index in [1.165, 1.54) is 25.9 Å². The zero-order chi connectivity index (χ0) is 16.4. The first kappa shape index (κ1) is 18.1. The Morgan fingerprint density at radius 2 is 2.09 bits per heavy atom. The summed E-state index contributed by atoms with van der Waals surface area (Å²) in [5.41, 5.74) is 0. The molecule has 2 rings (SSSR count). The fourth-order valence-electron chi connectivity index (χ4n) is 2.40. The average Bonchev–Trinajstić information content (AvgIpc) is 3.12. The molecule has 1 fully saturated rings. The number of nitrogens with zero attached hydrogens (tertiary/aromatic N) is 5. The van der Waals surface area contributed by atoms with Gasteiger partial charge in [-0.05, 0) is 38.9 Å². The van der Waals surface area contributed by atoms with E-state index in [9.17, 15) is 4.79 Å². The Balaban J connectivity index is 0.000000745. The van der Waals surface area contributed by atoms with Crippen molar-refractivity contribution in [3.05, 3.63) is 12.2 Å². The number of aromatic nitrogens is 3. The van der Waals surface area contributed by atoms with Crippen molar-refractivity contribution in [1.29, 1.82) is 0 Å². The molecule has 0 radical (unpaired) electrons. The molecule has 2 heterocycles. The lowest BCUT2D eigenvalue weighted by Gasteiger charge is -2.18. The van der Waals surface area contributed by atoms with Gasteiger partial charge in [-0.15, -0.1) is 10.2 Å². The van der Waals surface area contributed by atoms with Crippen LogP contribution in [0, 0.1) is 0 Å². The van der Waals surface area contributed by atoms with Crippen LogP contribution in [0.25, 0.3) is 0 Å². The highest BCUT2D eigenvalue weighted by Crippen LogP contribution is 2.09. The largest absolute Gasteiger partial charge is 0.483 e. The van der Waals surface area contributed by atoms with E-state index < -0.39 is 0 Å². The van der Waals surface area contributed by atoms with E-state index in [0.717, 1.165) is 18.8 Å². The Kier molecular flexibility index (Phi) is 8.13. The third-order valence-corrected chi connectivity index (χ3v) is 3.67.